The van der Waals surface area contributed by atoms with E-state index in [1.807, 2.05) is 17.5 Å². The van der Waals surface area contributed by atoms with Gasteiger partial charge >= 0.3 is 0 Å². The number of para-hydroxylation sites is 3. The van der Waals surface area contributed by atoms with E-state index in [4.69, 9.17) is 4.98 Å². The summed E-state index contributed by atoms with van der Waals surface area (Å²) in [7, 11) is 0. The van der Waals surface area contributed by atoms with Gasteiger partial charge in [0.05, 0.1) is 22.1 Å². The van der Waals surface area contributed by atoms with Crippen molar-refractivity contribution in [2.24, 2.45) is 0 Å². The minimum Gasteiger partial charge on any atom is -0.309 e. The van der Waals surface area contributed by atoms with Gasteiger partial charge in [-0.15, -0.1) is 11.3 Å². The number of hydrogen-bond donors (Lipinski definition) is 0. The molecule has 266 valence electrons. The molecule has 0 saturated carbocycles. The van der Waals surface area contributed by atoms with Gasteiger partial charge in [0.25, 0.3) is 0 Å². The number of rotatable bonds is 5. The molecular weight excluding hydrogens is 711 g/mol. The zero-order valence-corrected chi connectivity index (χ0v) is 31.6. The highest BCUT2D eigenvalue weighted by Gasteiger charge is 2.17. The number of benzene rings is 8. The van der Waals surface area contributed by atoms with Crippen LogP contribution in [0.4, 0.5) is 0 Å². The van der Waals surface area contributed by atoms with E-state index in [0.717, 1.165) is 28.0 Å². The summed E-state index contributed by atoms with van der Waals surface area (Å²) in [5.74, 6) is 0.902. The molecule has 0 amide bonds. The van der Waals surface area contributed by atoms with Crippen molar-refractivity contribution in [2.45, 2.75) is 0 Å². The maximum absolute atomic E-state index is 5.11. The number of fused-ring (bicyclic) bond motifs is 9. The van der Waals surface area contributed by atoms with Crippen molar-refractivity contribution in [1.29, 1.82) is 0 Å². The van der Waals surface area contributed by atoms with Crippen molar-refractivity contribution in [1.82, 2.24) is 14.1 Å². The predicted octanol–water partition coefficient (Wildman–Crippen LogP) is 14.6. The summed E-state index contributed by atoms with van der Waals surface area (Å²) in [5, 5.41) is 7.57. The summed E-state index contributed by atoms with van der Waals surface area (Å²) in [6, 6.07) is 70.4. The second-order valence-electron chi connectivity index (χ2n) is 14.8. The van der Waals surface area contributed by atoms with Crippen molar-refractivity contribution >= 4 is 75.1 Å². The van der Waals surface area contributed by atoms with Crippen LogP contribution in [0, 0.1) is 0 Å². The van der Waals surface area contributed by atoms with Gasteiger partial charge in [0.15, 0.2) is 0 Å². The Kier molecular flexibility index (Phi) is 7.10. The standard InChI is InChI=1S/C53H33N3S/c1-2-14-39(15-3-1)55-47-21-7-4-16-41(47)45-31-35(24-27-49(45)55)36-25-28-50-46(32-36)42-17-5-8-22-48(42)56(50)52-29-26-38(33-54-52)34-12-10-13-37(30-34)40-19-11-20-44-43-18-6-9-23-51(43)57-53(40)44/h1-33H. The molecule has 0 fully saturated rings. The van der Waals surface area contributed by atoms with Crippen molar-refractivity contribution in [3.8, 4) is 44.9 Å². The van der Waals surface area contributed by atoms with Crippen LogP contribution >= 0.6 is 11.3 Å². The Morgan fingerprint density at radius 2 is 0.912 bits per heavy atom. The topological polar surface area (TPSA) is 22.8 Å². The fourth-order valence-corrected chi connectivity index (χ4v) is 10.2. The lowest BCUT2D eigenvalue weighted by atomic mass is 9.98. The van der Waals surface area contributed by atoms with Gasteiger partial charge < -0.3 is 4.57 Å². The van der Waals surface area contributed by atoms with E-state index in [0.29, 0.717) is 0 Å². The van der Waals surface area contributed by atoms with Gasteiger partial charge in [-0.1, -0.05) is 121 Å². The third-order valence-corrected chi connectivity index (χ3v) is 12.8. The Hall–Kier alpha value is -7.27. The molecule has 3 nitrogen and oxygen atoms in total. The zero-order valence-electron chi connectivity index (χ0n) is 30.8. The summed E-state index contributed by atoms with van der Waals surface area (Å²) in [6.45, 7) is 0. The maximum Gasteiger partial charge on any atom is 0.137 e. The molecule has 12 aromatic rings. The SMILES string of the molecule is c1ccc(-n2c3ccccc3c3cc(-c4ccc5c(c4)c4ccccc4n5-c4ccc(-c5cccc(-c6cccc7c6sc6ccccc67)c5)cn4)ccc32)cc1. The van der Waals surface area contributed by atoms with Crippen LogP contribution in [0.15, 0.2) is 200 Å². The average Bonchev–Trinajstić information content (AvgIpc) is 3.94. The van der Waals surface area contributed by atoms with Crippen LogP contribution in [0.2, 0.25) is 0 Å². The largest absolute Gasteiger partial charge is 0.309 e. The molecule has 0 spiro atoms. The molecule has 4 aromatic heterocycles. The predicted molar refractivity (Wildman–Crippen MR) is 242 cm³/mol. The Labute approximate surface area is 333 Å². The summed E-state index contributed by atoms with van der Waals surface area (Å²) in [5.41, 5.74) is 13.0. The van der Waals surface area contributed by atoms with Crippen molar-refractivity contribution < 1.29 is 0 Å². The number of aromatic nitrogens is 3. The normalized spacial score (nSPS) is 11.9. The quantitative estimate of drug-likeness (QED) is 0.172. The van der Waals surface area contributed by atoms with Gasteiger partial charge in [0.2, 0.25) is 0 Å². The molecule has 0 N–H and O–H groups in total. The number of nitrogens with zero attached hydrogens (tertiary/aromatic N) is 3. The Morgan fingerprint density at radius 3 is 1.65 bits per heavy atom. The first kappa shape index (κ1) is 32.0. The molecule has 0 aliphatic heterocycles. The van der Waals surface area contributed by atoms with Gasteiger partial charge in [0, 0.05) is 59.2 Å². The van der Waals surface area contributed by atoms with E-state index in [1.165, 1.54) is 80.7 Å². The van der Waals surface area contributed by atoms with E-state index in [1.54, 1.807) is 0 Å². The summed E-state index contributed by atoms with van der Waals surface area (Å²) in [4.78, 5) is 5.11. The van der Waals surface area contributed by atoms with Gasteiger partial charge in [0.1, 0.15) is 5.82 Å². The molecule has 4 heterocycles. The molecule has 4 heteroatoms. The minimum absolute atomic E-state index is 0.902. The molecule has 12 rings (SSSR count). The molecular formula is C53H33N3S. The molecule has 0 saturated heterocycles. The molecule has 0 atom stereocenters. The van der Waals surface area contributed by atoms with E-state index >= 15 is 0 Å². The Balaban J connectivity index is 0.930. The lowest BCUT2D eigenvalue weighted by Crippen LogP contribution is -1.97. The molecule has 0 bridgehead atoms. The van der Waals surface area contributed by atoms with E-state index in [2.05, 4.69) is 203 Å². The first-order valence-electron chi connectivity index (χ1n) is 19.4. The summed E-state index contributed by atoms with van der Waals surface area (Å²) < 4.78 is 7.32. The lowest BCUT2D eigenvalue weighted by molar-refractivity contribution is 1.08. The number of hydrogen-bond acceptors (Lipinski definition) is 2. The average molecular weight is 744 g/mol. The maximum atomic E-state index is 5.11. The van der Waals surface area contributed by atoms with Crippen molar-refractivity contribution in [3.05, 3.63) is 200 Å². The molecule has 0 radical (unpaired) electrons. The van der Waals surface area contributed by atoms with Crippen molar-refractivity contribution in [3.63, 3.8) is 0 Å². The minimum atomic E-state index is 0.902. The van der Waals surface area contributed by atoms with Crippen LogP contribution in [-0.4, -0.2) is 14.1 Å². The van der Waals surface area contributed by atoms with Crippen LogP contribution in [0.3, 0.4) is 0 Å². The van der Waals surface area contributed by atoms with Crippen LogP contribution in [0.5, 0.6) is 0 Å². The first-order chi connectivity index (χ1) is 28.3. The van der Waals surface area contributed by atoms with Crippen LogP contribution in [-0.2, 0) is 0 Å². The first-order valence-corrected chi connectivity index (χ1v) is 20.2. The fraction of sp³-hybridized carbons (Fsp3) is 0. The molecule has 0 aliphatic rings. The van der Waals surface area contributed by atoms with Gasteiger partial charge in [-0.2, -0.15) is 0 Å². The second kappa shape index (κ2) is 12.6. The highest BCUT2D eigenvalue weighted by atomic mass is 32.1. The lowest BCUT2D eigenvalue weighted by Gasteiger charge is -2.10. The summed E-state index contributed by atoms with van der Waals surface area (Å²) in [6.07, 6.45) is 2.02. The van der Waals surface area contributed by atoms with Crippen LogP contribution in [0.25, 0.3) is 109 Å². The third-order valence-electron chi connectivity index (χ3n) is 11.6. The van der Waals surface area contributed by atoms with E-state index in [9.17, 15) is 0 Å². The molecule has 0 aliphatic carbocycles. The van der Waals surface area contributed by atoms with E-state index in [-0.39, 0.29) is 0 Å². The third kappa shape index (κ3) is 5.01. The second-order valence-corrected chi connectivity index (χ2v) is 15.8. The number of pyridine rings is 1. The fourth-order valence-electron chi connectivity index (χ4n) is 8.94. The Bertz CT molecular complexity index is 3510. The molecule has 8 aromatic carbocycles. The Morgan fingerprint density at radius 1 is 0.351 bits per heavy atom. The summed E-state index contributed by atoms with van der Waals surface area (Å²) >= 11 is 1.87. The van der Waals surface area contributed by atoms with Crippen molar-refractivity contribution in [2.75, 3.05) is 0 Å². The number of thiophene rings is 1. The zero-order chi connectivity index (χ0) is 37.5. The van der Waals surface area contributed by atoms with Crippen LogP contribution in [0.1, 0.15) is 0 Å². The molecule has 57 heavy (non-hydrogen) atoms. The smallest absolute Gasteiger partial charge is 0.137 e. The van der Waals surface area contributed by atoms with Gasteiger partial charge in [-0.05, 0) is 101 Å². The van der Waals surface area contributed by atoms with E-state index < -0.39 is 0 Å². The van der Waals surface area contributed by atoms with Gasteiger partial charge in [-0.3, -0.25) is 4.57 Å². The van der Waals surface area contributed by atoms with Gasteiger partial charge in [-0.25, -0.2) is 4.98 Å². The molecule has 0 unspecified atom stereocenters. The highest BCUT2D eigenvalue weighted by molar-refractivity contribution is 7.26. The monoisotopic (exact) mass is 743 g/mol. The van der Waals surface area contributed by atoms with Crippen LogP contribution < -0.4 is 0 Å². The highest BCUT2D eigenvalue weighted by Crippen LogP contribution is 2.41.